The number of hydrogen-bond acceptors (Lipinski definition) is 4. The number of nitrogens with one attached hydrogen (secondary N) is 1. The zero-order valence-corrected chi connectivity index (χ0v) is 11.5. The zero-order valence-electron chi connectivity index (χ0n) is 9.07. The summed E-state index contributed by atoms with van der Waals surface area (Å²) in [6, 6.07) is 2.37. The number of halogens is 1. The van der Waals surface area contributed by atoms with Crippen LogP contribution >= 0.6 is 27.3 Å². The Balaban J connectivity index is 2.31. The van der Waals surface area contributed by atoms with Crippen LogP contribution in [0.2, 0.25) is 0 Å². The molecule has 2 rings (SSSR count). The third-order valence-electron chi connectivity index (χ3n) is 2.34. The maximum Gasteiger partial charge on any atom is 0.125 e. The van der Waals surface area contributed by atoms with Crippen LogP contribution in [0.4, 0.5) is 0 Å². The number of aromatic nitrogens is 2. The summed E-state index contributed by atoms with van der Waals surface area (Å²) in [5, 5.41) is 4.21. The van der Waals surface area contributed by atoms with Crippen LogP contribution < -0.4 is 5.32 Å². The number of rotatable bonds is 3. The Morgan fingerprint density at radius 3 is 2.88 bits per heavy atom. The van der Waals surface area contributed by atoms with Crippen LogP contribution in [0.5, 0.6) is 0 Å². The molecule has 2 heterocycles. The molecule has 1 N–H and O–H groups in total. The molecule has 2 aromatic rings. The molecule has 0 radical (unpaired) electrons. The van der Waals surface area contributed by atoms with Crippen molar-refractivity contribution in [3.63, 3.8) is 0 Å². The van der Waals surface area contributed by atoms with Gasteiger partial charge in [-0.25, -0.2) is 4.98 Å². The van der Waals surface area contributed by atoms with E-state index in [4.69, 9.17) is 0 Å². The molecular formula is C11H12BrN3S. The smallest absolute Gasteiger partial charge is 0.125 e. The minimum Gasteiger partial charge on any atom is -0.312 e. The molecule has 0 aliphatic rings. The first-order chi connectivity index (χ1) is 7.70. The SMILES string of the molecule is CNC(C)c1cnc(-c2cncc(Br)c2)s1. The second-order valence-corrected chi connectivity index (χ2v) is 5.45. The van der Waals surface area contributed by atoms with Crippen molar-refractivity contribution in [2.45, 2.75) is 13.0 Å². The van der Waals surface area contributed by atoms with E-state index in [-0.39, 0.29) is 0 Å². The molecule has 0 aromatic carbocycles. The van der Waals surface area contributed by atoms with E-state index in [1.807, 2.05) is 25.5 Å². The lowest BCUT2D eigenvalue weighted by atomic mass is 10.3. The van der Waals surface area contributed by atoms with E-state index in [1.165, 1.54) is 4.88 Å². The minimum absolute atomic E-state index is 0.339. The minimum atomic E-state index is 0.339. The molecule has 0 aliphatic carbocycles. The predicted molar refractivity (Wildman–Crippen MR) is 70.5 cm³/mol. The van der Waals surface area contributed by atoms with Gasteiger partial charge in [-0.05, 0) is 36.0 Å². The first-order valence-electron chi connectivity index (χ1n) is 4.94. The third kappa shape index (κ3) is 2.48. The van der Waals surface area contributed by atoms with Crippen molar-refractivity contribution >= 4 is 27.3 Å². The van der Waals surface area contributed by atoms with Gasteiger partial charge in [0.15, 0.2) is 0 Å². The molecule has 0 aliphatic heterocycles. The highest BCUT2D eigenvalue weighted by molar-refractivity contribution is 9.10. The van der Waals surface area contributed by atoms with Gasteiger partial charge in [-0.15, -0.1) is 11.3 Å². The van der Waals surface area contributed by atoms with E-state index in [0.29, 0.717) is 6.04 Å². The average Bonchev–Trinajstić information content (AvgIpc) is 2.77. The van der Waals surface area contributed by atoms with E-state index in [9.17, 15) is 0 Å². The van der Waals surface area contributed by atoms with Crippen LogP contribution in [0.1, 0.15) is 17.8 Å². The topological polar surface area (TPSA) is 37.8 Å². The summed E-state index contributed by atoms with van der Waals surface area (Å²) < 4.78 is 0.975. The molecule has 0 spiro atoms. The van der Waals surface area contributed by atoms with E-state index in [0.717, 1.165) is 15.0 Å². The van der Waals surface area contributed by atoms with E-state index < -0.39 is 0 Å². The van der Waals surface area contributed by atoms with Crippen LogP contribution in [-0.4, -0.2) is 17.0 Å². The molecule has 84 valence electrons. The monoisotopic (exact) mass is 297 g/mol. The molecule has 2 aromatic heterocycles. The van der Waals surface area contributed by atoms with Gasteiger partial charge >= 0.3 is 0 Å². The highest BCUT2D eigenvalue weighted by Gasteiger charge is 2.09. The lowest BCUT2D eigenvalue weighted by molar-refractivity contribution is 0.662. The van der Waals surface area contributed by atoms with E-state index >= 15 is 0 Å². The van der Waals surface area contributed by atoms with Gasteiger partial charge in [0.05, 0.1) is 0 Å². The summed E-state index contributed by atoms with van der Waals surface area (Å²) in [5.74, 6) is 0. The number of thiazole rings is 1. The Morgan fingerprint density at radius 1 is 1.38 bits per heavy atom. The van der Waals surface area contributed by atoms with Crippen molar-refractivity contribution in [2.75, 3.05) is 7.05 Å². The lowest BCUT2D eigenvalue weighted by Gasteiger charge is -2.04. The zero-order chi connectivity index (χ0) is 11.5. The molecule has 1 atom stereocenters. The summed E-state index contributed by atoms with van der Waals surface area (Å²) >= 11 is 5.10. The molecule has 0 saturated carbocycles. The van der Waals surface area contributed by atoms with Crippen LogP contribution in [0.15, 0.2) is 29.1 Å². The van der Waals surface area contributed by atoms with Crippen molar-refractivity contribution in [2.24, 2.45) is 0 Å². The van der Waals surface area contributed by atoms with Gasteiger partial charge in [-0.2, -0.15) is 0 Å². The largest absolute Gasteiger partial charge is 0.312 e. The molecule has 0 amide bonds. The Bertz CT molecular complexity index is 484. The molecule has 0 bridgehead atoms. The predicted octanol–water partition coefficient (Wildman–Crippen LogP) is 3.25. The summed E-state index contributed by atoms with van der Waals surface area (Å²) in [4.78, 5) is 9.79. The van der Waals surface area contributed by atoms with Crippen molar-refractivity contribution in [3.8, 4) is 10.6 Å². The van der Waals surface area contributed by atoms with E-state index in [1.54, 1.807) is 17.5 Å². The van der Waals surface area contributed by atoms with Crippen LogP contribution in [0.25, 0.3) is 10.6 Å². The Kier molecular flexibility index (Phi) is 3.68. The summed E-state index contributed by atoms with van der Waals surface area (Å²) in [6.45, 7) is 2.12. The average molecular weight is 298 g/mol. The quantitative estimate of drug-likeness (QED) is 0.945. The first-order valence-corrected chi connectivity index (χ1v) is 6.55. The summed E-state index contributed by atoms with van der Waals surface area (Å²) in [6.07, 6.45) is 5.52. The van der Waals surface area contributed by atoms with Gasteiger partial charge in [0, 0.05) is 39.5 Å². The second kappa shape index (κ2) is 5.03. The molecule has 3 nitrogen and oxygen atoms in total. The van der Waals surface area contributed by atoms with Gasteiger partial charge in [-0.1, -0.05) is 0 Å². The molecule has 0 fully saturated rings. The van der Waals surface area contributed by atoms with E-state index in [2.05, 4.69) is 38.1 Å². The fourth-order valence-corrected chi connectivity index (χ4v) is 2.61. The fraction of sp³-hybridized carbons (Fsp3) is 0.273. The molecular weight excluding hydrogens is 286 g/mol. The second-order valence-electron chi connectivity index (χ2n) is 3.47. The molecule has 5 heteroatoms. The van der Waals surface area contributed by atoms with Crippen molar-refractivity contribution in [3.05, 3.63) is 34.0 Å². The van der Waals surface area contributed by atoms with Crippen molar-refractivity contribution < 1.29 is 0 Å². The molecule has 1 unspecified atom stereocenters. The Hall–Kier alpha value is -0.780. The number of nitrogens with zero attached hydrogens (tertiary/aromatic N) is 2. The maximum absolute atomic E-state index is 4.41. The third-order valence-corrected chi connectivity index (χ3v) is 4.00. The van der Waals surface area contributed by atoms with Crippen molar-refractivity contribution in [1.82, 2.24) is 15.3 Å². The van der Waals surface area contributed by atoms with Gasteiger partial charge in [0.25, 0.3) is 0 Å². The first kappa shape index (κ1) is 11.7. The number of hydrogen-bond donors (Lipinski definition) is 1. The highest BCUT2D eigenvalue weighted by atomic mass is 79.9. The summed E-state index contributed by atoms with van der Waals surface area (Å²) in [5.41, 5.74) is 1.05. The highest BCUT2D eigenvalue weighted by Crippen LogP contribution is 2.29. The molecule has 16 heavy (non-hydrogen) atoms. The standard InChI is InChI=1S/C11H12BrN3S/c1-7(13-2)10-6-15-11(16-10)8-3-9(12)5-14-4-8/h3-7,13H,1-2H3. The summed E-state index contributed by atoms with van der Waals surface area (Å²) in [7, 11) is 1.95. The van der Waals surface area contributed by atoms with Gasteiger partial charge in [0.1, 0.15) is 5.01 Å². The van der Waals surface area contributed by atoms with Crippen molar-refractivity contribution in [1.29, 1.82) is 0 Å². The lowest BCUT2D eigenvalue weighted by Crippen LogP contribution is -2.10. The normalized spacial score (nSPS) is 12.7. The Labute approximate surface area is 107 Å². The number of pyridine rings is 1. The van der Waals surface area contributed by atoms with Gasteiger partial charge < -0.3 is 5.32 Å². The molecule has 0 saturated heterocycles. The van der Waals surface area contributed by atoms with Crippen LogP contribution in [0.3, 0.4) is 0 Å². The maximum atomic E-state index is 4.41. The van der Waals surface area contributed by atoms with Gasteiger partial charge in [0.2, 0.25) is 0 Å². The van der Waals surface area contributed by atoms with Crippen LogP contribution in [-0.2, 0) is 0 Å². The fourth-order valence-electron chi connectivity index (χ4n) is 1.29. The van der Waals surface area contributed by atoms with Crippen LogP contribution in [0, 0.1) is 0 Å². The Morgan fingerprint density at radius 2 is 2.19 bits per heavy atom. The van der Waals surface area contributed by atoms with Gasteiger partial charge in [-0.3, -0.25) is 4.98 Å².